The van der Waals surface area contributed by atoms with E-state index in [0.29, 0.717) is 0 Å². The van der Waals surface area contributed by atoms with Gasteiger partial charge in [0.05, 0.1) is 12.0 Å². The predicted octanol–water partition coefficient (Wildman–Crippen LogP) is 6.35. The minimum absolute atomic E-state index is 0.878. The molecule has 2 aromatic heterocycles. The summed E-state index contributed by atoms with van der Waals surface area (Å²) in [5.41, 5.74) is 6.96. The third kappa shape index (κ3) is 2.79. The lowest BCUT2D eigenvalue weighted by molar-refractivity contribution is 0.582. The molecule has 0 saturated heterocycles. The van der Waals surface area contributed by atoms with Crippen molar-refractivity contribution in [2.45, 2.75) is 13.8 Å². The summed E-state index contributed by atoms with van der Waals surface area (Å²) < 4.78 is 5.49. The van der Waals surface area contributed by atoms with Gasteiger partial charge in [0.2, 0.25) is 0 Å². The van der Waals surface area contributed by atoms with E-state index in [1.807, 2.05) is 18.2 Å². The second-order valence-corrected chi connectivity index (χ2v) is 6.77. The number of hydrogen-bond acceptors (Lipinski definition) is 3. The molecular weight excluding hydrogens is 314 g/mol. The van der Waals surface area contributed by atoms with Gasteiger partial charge in [-0.15, -0.1) is 11.3 Å². The molecule has 0 unspecified atom stereocenters. The lowest BCUT2D eigenvalue weighted by Crippen LogP contribution is -1.85. The van der Waals surface area contributed by atoms with E-state index < -0.39 is 0 Å². The fourth-order valence-corrected chi connectivity index (χ4v) is 3.70. The van der Waals surface area contributed by atoms with Crippen LogP contribution in [0.25, 0.3) is 33.2 Å². The number of benzene rings is 2. The molecule has 24 heavy (non-hydrogen) atoms. The molecule has 0 N–H and O–H groups in total. The molecule has 118 valence electrons. The van der Waals surface area contributed by atoms with Crippen molar-refractivity contribution < 1.29 is 4.42 Å². The summed E-state index contributed by atoms with van der Waals surface area (Å²) in [6.45, 7) is 4.25. The zero-order chi connectivity index (χ0) is 16.5. The fraction of sp³-hybridized carbons (Fsp3) is 0.0952. The molecule has 0 amide bonds. The number of rotatable bonds is 3. The largest absolute Gasteiger partial charge is 0.464 e. The van der Waals surface area contributed by atoms with Crippen LogP contribution in [0.5, 0.6) is 0 Å². The molecule has 0 fully saturated rings. The summed E-state index contributed by atoms with van der Waals surface area (Å²) >= 11 is 1.67. The molecule has 2 heterocycles. The Morgan fingerprint density at radius 2 is 1.79 bits per heavy atom. The van der Waals surface area contributed by atoms with Crippen LogP contribution >= 0.6 is 11.3 Å². The van der Waals surface area contributed by atoms with Gasteiger partial charge in [-0.25, -0.2) is 4.98 Å². The minimum Gasteiger partial charge on any atom is -0.464 e. The molecule has 2 aromatic carbocycles. The topological polar surface area (TPSA) is 26.0 Å². The van der Waals surface area contributed by atoms with Gasteiger partial charge >= 0.3 is 0 Å². The molecule has 4 rings (SSSR count). The first-order chi connectivity index (χ1) is 11.7. The molecule has 0 saturated carbocycles. The van der Waals surface area contributed by atoms with Crippen LogP contribution in [0.4, 0.5) is 0 Å². The van der Waals surface area contributed by atoms with E-state index in [9.17, 15) is 0 Å². The molecule has 0 radical (unpaired) electrons. The lowest BCUT2D eigenvalue weighted by Gasteiger charge is -2.04. The number of nitrogens with zero attached hydrogens (tertiary/aromatic N) is 1. The molecule has 0 aliphatic heterocycles. The van der Waals surface area contributed by atoms with Gasteiger partial charge in [-0.05, 0) is 37.6 Å². The van der Waals surface area contributed by atoms with E-state index in [1.54, 1.807) is 17.6 Å². The molecule has 3 heteroatoms. The van der Waals surface area contributed by atoms with Gasteiger partial charge in [0, 0.05) is 22.1 Å². The van der Waals surface area contributed by atoms with E-state index in [2.05, 4.69) is 55.6 Å². The van der Waals surface area contributed by atoms with Gasteiger partial charge in [-0.3, -0.25) is 0 Å². The maximum Gasteiger partial charge on any atom is 0.133 e. The summed E-state index contributed by atoms with van der Waals surface area (Å²) in [6.07, 6.45) is 1.70. The Labute approximate surface area is 145 Å². The minimum atomic E-state index is 0.878. The van der Waals surface area contributed by atoms with Crippen molar-refractivity contribution in [2.75, 3.05) is 0 Å². The Balaban J connectivity index is 1.72. The Morgan fingerprint density at radius 3 is 2.58 bits per heavy atom. The van der Waals surface area contributed by atoms with E-state index in [-0.39, 0.29) is 0 Å². The summed E-state index contributed by atoms with van der Waals surface area (Å²) in [4.78, 5) is 4.85. The van der Waals surface area contributed by atoms with Crippen molar-refractivity contribution in [3.8, 4) is 33.2 Å². The van der Waals surface area contributed by atoms with Crippen molar-refractivity contribution in [3.05, 3.63) is 77.4 Å². The van der Waals surface area contributed by atoms with Gasteiger partial charge in [0.25, 0.3) is 0 Å². The quantitative estimate of drug-likeness (QED) is 0.437. The molecule has 0 bridgehead atoms. The highest BCUT2D eigenvalue weighted by Gasteiger charge is 2.10. The summed E-state index contributed by atoms with van der Waals surface area (Å²) in [7, 11) is 0. The second kappa shape index (κ2) is 6.10. The Hall–Kier alpha value is -2.65. The van der Waals surface area contributed by atoms with Crippen LogP contribution in [0.2, 0.25) is 0 Å². The number of hydrogen-bond donors (Lipinski definition) is 0. The third-order valence-corrected chi connectivity index (χ3v) is 4.97. The van der Waals surface area contributed by atoms with E-state index in [1.165, 1.54) is 16.7 Å². The summed E-state index contributed by atoms with van der Waals surface area (Å²) in [6, 6.07) is 18.7. The van der Waals surface area contributed by atoms with Gasteiger partial charge in [0.1, 0.15) is 10.8 Å². The molecule has 2 nitrogen and oxygen atoms in total. The molecule has 0 spiro atoms. The molecule has 4 aromatic rings. The van der Waals surface area contributed by atoms with Crippen LogP contribution < -0.4 is 0 Å². The standard InChI is InChI=1S/C21H17NOS/c1-14-8-9-18(15(2)11-14)19-13-24-21(22-19)17-6-3-5-16(12-17)20-7-4-10-23-20/h3-13H,1-2H3. The monoisotopic (exact) mass is 331 g/mol. The number of aryl methyl sites for hydroxylation is 2. The van der Waals surface area contributed by atoms with Crippen LogP contribution in [0.15, 0.2) is 70.7 Å². The zero-order valence-electron chi connectivity index (χ0n) is 13.6. The molecule has 0 aliphatic carbocycles. The van der Waals surface area contributed by atoms with Crippen molar-refractivity contribution in [2.24, 2.45) is 0 Å². The Kier molecular flexibility index (Phi) is 3.79. The second-order valence-electron chi connectivity index (χ2n) is 5.91. The van der Waals surface area contributed by atoms with Gasteiger partial charge in [-0.1, -0.05) is 42.0 Å². The van der Waals surface area contributed by atoms with E-state index >= 15 is 0 Å². The smallest absolute Gasteiger partial charge is 0.133 e. The average molecular weight is 331 g/mol. The lowest BCUT2D eigenvalue weighted by atomic mass is 10.0. The van der Waals surface area contributed by atoms with Crippen LogP contribution in [0, 0.1) is 13.8 Å². The maximum atomic E-state index is 5.49. The highest BCUT2D eigenvalue weighted by Crippen LogP contribution is 2.32. The number of aromatic nitrogens is 1. The number of furan rings is 1. The van der Waals surface area contributed by atoms with Crippen LogP contribution in [-0.2, 0) is 0 Å². The molecular formula is C21H17NOS. The van der Waals surface area contributed by atoms with Crippen LogP contribution in [0.3, 0.4) is 0 Å². The van der Waals surface area contributed by atoms with Crippen molar-refractivity contribution in [1.82, 2.24) is 4.98 Å². The first-order valence-electron chi connectivity index (χ1n) is 7.88. The average Bonchev–Trinajstić information content (AvgIpc) is 3.27. The van der Waals surface area contributed by atoms with Crippen LogP contribution in [-0.4, -0.2) is 4.98 Å². The van der Waals surface area contributed by atoms with Crippen molar-refractivity contribution in [3.63, 3.8) is 0 Å². The van der Waals surface area contributed by atoms with Gasteiger partial charge < -0.3 is 4.42 Å². The summed E-state index contributed by atoms with van der Waals surface area (Å²) in [5.74, 6) is 0.878. The van der Waals surface area contributed by atoms with Gasteiger partial charge in [-0.2, -0.15) is 0 Å². The van der Waals surface area contributed by atoms with E-state index in [4.69, 9.17) is 9.40 Å². The SMILES string of the molecule is Cc1ccc(-c2csc(-c3cccc(-c4ccco4)c3)n2)c(C)c1. The van der Waals surface area contributed by atoms with Gasteiger partial charge in [0.15, 0.2) is 0 Å². The maximum absolute atomic E-state index is 5.49. The van der Waals surface area contributed by atoms with E-state index in [0.717, 1.165) is 27.6 Å². The normalized spacial score (nSPS) is 10.9. The first kappa shape index (κ1) is 14.9. The first-order valence-corrected chi connectivity index (χ1v) is 8.76. The highest BCUT2D eigenvalue weighted by atomic mass is 32.1. The summed E-state index contributed by atoms with van der Waals surface area (Å²) in [5, 5.41) is 3.16. The predicted molar refractivity (Wildman–Crippen MR) is 100 cm³/mol. The molecule has 0 atom stereocenters. The number of thiazole rings is 1. The fourth-order valence-electron chi connectivity index (χ4n) is 2.88. The van der Waals surface area contributed by atoms with Crippen molar-refractivity contribution in [1.29, 1.82) is 0 Å². The van der Waals surface area contributed by atoms with Crippen LogP contribution in [0.1, 0.15) is 11.1 Å². The Bertz CT molecular complexity index is 983. The highest BCUT2D eigenvalue weighted by molar-refractivity contribution is 7.13. The van der Waals surface area contributed by atoms with Crippen molar-refractivity contribution >= 4 is 11.3 Å². The zero-order valence-corrected chi connectivity index (χ0v) is 14.4. The molecule has 0 aliphatic rings. The third-order valence-electron chi connectivity index (χ3n) is 4.08. The Morgan fingerprint density at radius 1 is 0.917 bits per heavy atom.